The minimum atomic E-state index is -0.0282. The summed E-state index contributed by atoms with van der Waals surface area (Å²) in [6.45, 7) is 3.95. The molecule has 0 saturated carbocycles. The molecular formula is C20H22Cl2N2O. The lowest BCUT2D eigenvalue weighted by Gasteiger charge is -2.14. The van der Waals surface area contributed by atoms with E-state index in [-0.39, 0.29) is 5.91 Å². The molecule has 0 aliphatic carbocycles. The number of carbonyl (C=O) groups excluding carboxylic acids is 1. The molecule has 2 aromatic rings. The third kappa shape index (κ3) is 5.46. The zero-order chi connectivity index (χ0) is 17.6. The van der Waals surface area contributed by atoms with Crippen LogP contribution in [0.4, 0.5) is 0 Å². The maximum atomic E-state index is 12.1. The van der Waals surface area contributed by atoms with Gasteiger partial charge in [0.2, 0.25) is 5.91 Å². The van der Waals surface area contributed by atoms with E-state index in [1.54, 1.807) is 12.1 Å². The zero-order valence-electron chi connectivity index (χ0n) is 14.1. The Labute approximate surface area is 158 Å². The summed E-state index contributed by atoms with van der Waals surface area (Å²) in [5, 5.41) is 3.92. The van der Waals surface area contributed by atoms with Gasteiger partial charge < -0.3 is 5.32 Å². The van der Waals surface area contributed by atoms with Crippen molar-refractivity contribution in [2.24, 2.45) is 0 Å². The van der Waals surface area contributed by atoms with E-state index in [1.165, 1.54) is 31.5 Å². The lowest BCUT2D eigenvalue weighted by atomic mass is 10.1. The van der Waals surface area contributed by atoms with Gasteiger partial charge in [0.25, 0.3) is 0 Å². The molecule has 1 aliphatic rings. The first-order valence-electron chi connectivity index (χ1n) is 8.61. The van der Waals surface area contributed by atoms with Crippen molar-refractivity contribution in [1.29, 1.82) is 0 Å². The average Bonchev–Trinajstić information content (AvgIpc) is 3.11. The molecule has 0 unspecified atom stereocenters. The number of benzene rings is 2. The van der Waals surface area contributed by atoms with E-state index in [0.29, 0.717) is 23.0 Å². The van der Waals surface area contributed by atoms with E-state index in [0.717, 1.165) is 17.7 Å². The van der Waals surface area contributed by atoms with Crippen LogP contribution in [-0.2, 0) is 24.3 Å². The van der Waals surface area contributed by atoms with Crippen molar-refractivity contribution in [3.63, 3.8) is 0 Å². The molecule has 1 aliphatic heterocycles. The van der Waals surface area contributed by atoms with E-state index in [1.807, 2.05) is 6.07 Å². The van der Waals surface area contributed by atoms with Crippen molar-refractivity contribution in [2.75, 3.05) is 13.1 Å². The van der Waals surface area contributed by atoms with Gasteiger partial charge in [0.05, 0.1) is 16.5 Å². The smallest absolute Gasteiger partial charge is 0.224 e. The van der Waals surface area contributed by atoms with Gasteiger partial charge in [-0.25, -0.2) is 0 Å². The quantitative estimate of drug-likeness (QED) is 0.807. The number of nitrogens with zero attached hydrogens (tertiary/aromatic N) is 1. The number of amides is 1. The van der Waals surface area contributed by atoms with E-state index in [4.69, 9.17) is 23.2 Å². The Balaban J connectivity index is 1.47. The highest BCUT2D eigenvalue weighted by Crippen LogP contribution is 2.22. The zero-order valence-corrected chi connectivity index (χ0v) is 15.6. The number of rotatable bonds is 6. The molecular weight excluding hydrogens is 355 g/mol. The molecule has 132 valence electrons. The number of halogens is 2. The van der Waals surface area contributed by atoms with Crippen LogP contribution in [0.15, 0.2) is 42.5 Å². The van der Waals surface area contributed by atoms with Crippen LogP contribution in [0.2, 0.25) is 10.0 Å². The second-order valence-corrected chi connectivity index (χ2v) is 7.32. The molecule has 0 bridgehead atoms. The molecule has 0 spiro atoms. The SMILES string of the molecule is O=C(Cc1ccc(Cl)c(Cl)c1)NCc1ccc(CN2CCCC2)cc1. The summed E-state index contributed by atoms with van der Waals surface area (Å²) in [4.78, 5) is 14.6. The van der Waals surface area contributed by atoms with Crippen LogP contribution >= 0.6 is 23.2 Å². The molecule has 3 nitrogen and oxygen atoms in total. The Hall–Kier alpha value is -1.55. The Morgan fingerprint density at radius 2 is 1.56 bits per heavy atom. The van der Waals surface area contributed by atoms with Crippen molar-refractivity contribution in [3.05, 3.63) is 69.2 Å². The minimum Gasteiger partial charge on any atom is -0.352 e. The maximum Gasteiger partial charge on any atom is 0.224 e. The first-order valence-corrected chi connectivity index (χ1v) is 9.36. The van der Waals surface area contributed by atoms with Crippen molar-refractivity contribution in [3.8, 4) is 0 Å². The van der Waals surface area contributed by atoms with Gasteiger partial charge in [0, 0.05) is 13.1 Å². The first-order chi connectivity index (χ1) is 12.1. The summed E-state index contributed by atoms with van der Waals surface area (Å²) in [7, 11) is 0. The highest BCUT2D eigenvalue weighted by molar-refractivity contribution is 6.42. The maximum absolute atomic E-state index is 12.1. The van der Waals surface area contributed by atoms with Crippen LogP contribution in [0.25, 0.3) is 0 Å². The Bertz CT molecular complexity index is 725. The van der Waals surface area contributed by atoms with Crippen molar-refractivity contribution in [1.82, 2.24) is 10.2 Å². The molecule has 25 heavy (non-hydrogen) atoms. The predicted molar refractivity (Wildman–Crippen MR) is 103 cm³/mol. The summed E-state index contributed by atoms with van der Waals surface area (Å²) in [6, 6.07) is 13.7. The van der Waals surface area contributed by atoms with Crippen molar-refractivity contribution in [2.45, 2.75) is 32.4 Å². The van der Waals surface area contributed by atoms with Crippen LogP contribution in [0, 0.1) is 0 Å². The minimum absolute atomic E-state index is 0.0282. The molecule has 0 radical (unpaired) electrons. The molecule has 5 heteroatoms. The number of carbonyl (C=O) groups is 1. The Kier molecular flexibility index (Phi) is 6.35. The lowest BCUT2D eigenvalue weighted by molar-refractivity contribution is -0.120. The fourth-order valence-corrected chi connectivity index (χ4v) is 3.38. The number of nitrogens with one attached hydrogen (secondary N) is 1. The fourth-order valence-electron chi connectivity index (χ4n) is 3.06. The molecule has 1 amide bonds. The monoisotopic (exact) mass is 376 g/mol. The molecule has 1 fully saturated rings. The van der Waals surface area contributed by atoms with Gasteiger partial charge in [-0.1, -0.05) is 53.5 Å². The number of hydrogen-bond donors (Lipinski definition) is 1. The van der Waals surface area contributed by atoms with Crippen molar-refractivity contribution >= 4 is 29.1 Å². The molecule has 0 atom stereocenters. The topological polar surface area (TPSA) is 32.3 Å². The van der Waals surface area contributed by atoms with Crippen LogP contribution in [-0.4, -0.2) is 23.9 Å². The number of hydrogen-bond acceptors (Lipinski definition) is 2. The second-order valence-electron chi connectivity index (χ2n) is 6.50. The van der Waals surface area contributed by atoms with Gasteiger partial charge in [0.1, 0.15) is 0 Å². The summed E-state index contributed by atoms with van der Waals surface area (Å²) >= 11 is 11.9. The normalized spacial score (nSPS) is 14.6. The Morgan fingerprint density at radius 1 is 0.920 bits per heavy atom. The van der Waals surface area contributed by atoms with Crippen LogP contribution < -0.4 is 5.32 Å². The number of likely N-dealkylation sites (tertiary alicyclic amines) is 1. The van der Waals surface area contributed by atoms with Crippen LogP contribution in [0.5, 0.6) is 0 Å². The average molecular weight is 377 g/mol. The molecule has 1 saturated heterocycles. The third-order valence-corrected chi connectivity index (χ3v) is 5.21. The first kappa shape index (κ1) is 18.2. The van der Waals surface area contributed by atoms with Gasteiger partial charge in [-0.2, -0.15) is 0 Å². The molecule has 2 aromatic carbocycles. The predicted octanol–water partition coefficient (Wildman–Crippen LogP) is 4.45. The second kappa shape index (κ2) is 8.70. The van der Waals surface area contributed by atoms with Gasteiger partial charge >= 0.3 is 0 Å². The van der Waals surface area contributed by atoms with Gasteiger partial charge in [-0.05, 0) is 54.8 Å². The van der Waals surface area contributed by atoms with Crippen LogP contribution in [0.3, 0.4) is 0 Å². The molecule has 1 heterocycles. The highest BCUT2D eigenvalue weighted by Gasteiger charge is 2.11. The van der Waals surface area contributed by atoms with E-state index >= 15 is 0 Å². The van der Waals surface area contributed by atoms with Gasteiger partial charge in [-0.15, -0.1) is 0 Å². The standard InChI is InChI=1S/C20H22Cl2N2O/c21-18-8-7-17(11-19(18)22)12-20(25)23-13-15-3-5-16(6-4-15)14-24-9-1-2-10-24/h3-8,11H,1-2,9-10,12-14H2,(H,23,25). The summed E-state index contributed by atoms with van der Waals surface area (Å²) < 4.78 is 0. The summed E-state index contributed by atoms with van der Waals surface area (Å²) in [5.74, 6) is -0.0282. The highest BCUT2D eigenvalue weighted by atomic mass is 35.5. The summed E-state index contributed by atoms with van der Waals surface area (Å²) in [6.07, 6.45) is 2.91. The molecule has 1 N–H and O–H groups in total. The fraction of sp³-hybridized carbons (Fsp3) is 0.350. The van der Waals surface area contributed by atoms with Crippen molar-refractivity contribution < 1.29 is 4.79 Å². The van der Waals surface area contributed by atoms with E-state index in [2.05, 4.69) is 34.5 Å². The Morgan fingerprint density at radius 3 is 2.24 bits per heavy atom. The van der Waals surface area contributed by atoms with Crippen LogP contribution in [0.1, 0.15) is 29.5 Å². The third-order valence-electron chi connectivity index (χ3n) is 4.47. The van der Waals surface area contributed by atoms with E-state index < -0.39 is 0 Å². The molecule has 3 rings (SSSR count). The van der Waals surface area contributed by atoms with E-state index in [9.17, 15) is 4.79 Å². The molecule has 0 aromatic heterocycles. The van der Waals surface area contributed by atoms with Gasteiger partial charge in [0.15, 0.2) is 0 Å². The largest absolute Gasteiger partial charge is 0.352 e. The van der Waals surface area contributed by atoms with Gasteiger partial charge in [-0.3, -0.25) is 9.69 Å². The summed E-state index contributed by atoms with van der Waals surface area (Å²) in [5.41, 5.74) is 3.29. The lowest BCUT2D eigenvalue weighted by Crippen LogP contribution is -2.24.